The maximum absolute atomic E-state index is 9.69. The highest BCUT2D eigenvalue weighted by Crippen LogP contribution is 2.17. The second-order valence-corrected chi connectivity index (χ2v) is 4.79. The molecule has 1 unspecified atom stereocenters. The lowest BCUT2D eigenvalue weighted by Gasteiger charge is -2.27. The third-order valence-electron chi connectivity index (χ3n) is 2.26. The summed E-state index contributed by atoms with van der Waals surface area (Å²) in [5, 5.41) is 19.0. The lowest BCUT2D eigenvalue weighted by Crippen LogP contribution is -2.36. The van der Waals surface area contributed by atoms with Crippen LogP contribution in [0.4, 0.5) is 5.69 Å². The number of aliphatic hydroxyl groups is 2. The summed E-state index contributed by atoms with van der Waals surface area (Å²) < 4.78 is 0. The maximum atomic E-state index is 9.69. The Kier molecular flexibility index (Phi) is 3.88. The molecule has 0 spiro atoms. The molecule has 1 aromatic heterocycles. The molecular weight excluding hydrogens is 204 g/mol. The molecule has 90 valence electrons. The minimum Gasteiger partial charge on any atom is -0.389 e. The Morgan fingerprint density at radius 2 is 2.06 bits per heavy atom. The molecule has 4 nitrogen and oxygen atoms in total. The maximum Gasteiger partial charge on any atom is 0.0931 e. The van der Waals surface area contributed by atoms with E-state index >= 15 is 0 Å². The second-order valence-electron chi connectivity index (χ2n) is 4.79. The van der Waals surface area contributed by atoms with E-state index in [0.717, 1.165) is 5.69 Å². The summed E-state index contributed by atoms with van der Waals surface area (Å²) in [4.78, 5) is 6.09. The lowest BCUT2D eigenvalue weighted by atomic mass is 10.1. The summed E-state index contributed by atoms with van der Waals surface area (Å²) in [5.41, 5.74) is 0.837. The highest BCUT2D eigenvalue weighted by atomic mass is 16.3. The number of nitrogens with zero attached hydrogens (tertiary/aromatic N) is 2. The molecular formula is C12H20N2O2. The quantitative estimate of drug-likeness (QED) is 0.810. The zero-order valence-corrected chi connectivity index (χ0v) is 10.3. The van der Waals surface area contributed by atoms with E-state index in [1.165, 1.54) is 0 Å². The van der Waals surface area contributed by atoms with Gasteiger partial charge in [0.15, 0.2) is 0 Å². The topological polar surface area (TPSA) is 56.6 Å². The van der Waals surface area contributed by atoms with E-state index in [4.69, 9.17) is 0 Å². The van der Waals surface area contributed by atoms with Gasteiger partial charge < -0.3 is 15.1 Å². The van der Waals surface area contributed by atoms with E-state index < -0.39 is 11.7 Å². The van der Waals surface area contributed by atoms with Crippen LogP contribution in [-0.4, -0.2) is 34.4 Å². The number of hydrogen-bond acceptors (Lipinski definition) is 4. The first-order valence-corrected chi connectivity index (χ1v) is 5.37. The molecule has 0 aliphatic rings. The van der Waals surface area contributed by atoms with Gasteiger partial charge in [0.05, 0.1) is 29.3 Å². The highest BCUT2D eigenvalue weighted by molar-refractivity contribution is 5.44. The predicted octanol–water partition coefficient (Wildman–Crippen LogP) is 1.34. The van der Waals surface area contributed by atoms with Crippen molar-refractivity contribution in [1.29, 1.82) is 0 Å². The van der Waals surface area contributed by atoms with Gasteiger partial charge in [-0.2, -0.15) is 0 Å². The fourth-order valence-electron chi connectivity index (χ4n) is 1.54. The van der Waals surface area contributed by atoms with Gasteiger partial charge in [-0.3, -0.25) is 4.98 Å². The standard InChI is InChI=1S/C12H20N2O2/c1-9(15)11-6-5-10(7-13-11)14(4)8-12(2,3)16/h5-7,9,15-16H,8H2,1-4H3. The number of hydrogen-bond donors (Lipinski definition) is 2. The van der Waals surface area contributed by atoms with Crippen LogP contribution in [0.25, 0.3) is 0 Å². The smallest absolute Gasteiger partial charge is 0.0931 e. The van der Waals surface area contributed by atoms with Gasteiger partial charge in [0.2, 0.25) is 0 Å². The minimum absolute atomic E-state index is 0.530. The van der Waals surface area contributed by atoms with Gasteiger partial charge >= 0.3 is 0 Å². The van der Waals surface area contributed by atoms with Crippen molar-refractivity contribution in [2.45, 2.75) is 32.5 Å². The van der Waals surface area contributed by atoms with E-state index in [-0.39, 0.29) is 0 Å². The Bertz CT molecular complexity index is 328. The van der Waals surface area contributed by atoms with Gasteiger partial charge in [-0.1, -0.05) is 0 Å². The number of aromatic nitrogens is 1. The van der Waals surface area contributed by atoms with Crippen molar-refractivity contribution < 1.29 is 10.2 Å². The van der Waals surface area contributed by atoms with E-state index in [9.17, 15) is 10.2 Å². The normalized spacial score (nSPS) is 13.6. The SMILES string of the molecule is CC(O)c1ccc(N(C)CC(C)(C)O)cn1. The average Bonchev–Trinajstić information content (AvgIpc) is 2.15. The van der Waals surface area contributed by atoms with E-state index in [2.05, 4.69) is 4.98 Å². The van der Waals surface area contributed by atoms with E-state index in [1.54, 1.807) is 33.0 Å². The average molecular weight is 224 g/mol. The molecule has 0 aromatic carbocycles. The van der Waals surface area contributed by atoms with Crippen molar-refractivity contribution >= 4 is 5.69 Å². The fraction of sp³-hybridized carbons (Fsp3) is 0.583. The van der Waals surface area contributed by atoms with Gasteiger partial charge in [-0.25, -0.2) is 0 Å². The summed E-state index contributed by atoms with van der Waals surface area (Å²) in [5.74, 6) is 0. The van der Waals surface area contributed by atoms with Gasteiger partial charge in [0.1, 0.15) is 0 Å². The first-order valence-electron chi connectivity index (χ1n) is 5.37. The molecule has 0 fully saturated rings. The molecule has 2 N–H and O–H groups in total. The first kappa shape index (κ1) is 12.9. The zero-order valence-electron chi connectivity index (χ0n) is 10.3. The van der Waals surface area contributed by atoms with Crippen LogP contribution in [0, 0.1) is 0 Å². The Morgan fingerprint density at radius 1 is 1.44 bits per heavy atom. The predicted molar refractivity (Wildman–Crippen MR) is 64.4 cm³/mol. The Morgan fingerprint density at radius 3 is 2.44 bits per heavy atom. The van der Waals surface area contributed by atoms with Crippen LogP contribution in [0.3, 0.4) is 0 Å². The molecule has 0 saturated heterocycles. The van der Waals surface area contributed by atoms with Gasteiger partial charge in [-0.15, -0.1) is 0 Å². The largest absolute Gasteiger partial charge is 0.389 e. The van der Waals surface area contributed by atoms with Crippen LogP contribution in [0.1, 0.15) is 32.6 Å². The number of pyridine rings is 1. The van der Waals surface area contributed by atoms with Crippen molar-refractivity contribution in [3.63, 3.8) is 0 Å². The number of likely N-dealkylation sites (N-methyl/N-ethyl adjacent to an activating group) is 1. The van der Waals surface area contributed by atoms with Crippen LogP contribution in [0.2, 0.25) is 0 Å². The Labute approximate surface area is 96.6 Å². The van der Waals surface area contributed by atoms with E-state index in [0.29, 0.717) is 12.2 Å². The summed E-state index contributed by atoms with van der Waals surface area (Å²) in [7, 11) is 1.90. The number of aliphatic hydroxyl groups excluding tert-OH is 1. The third kappa shape index (κ3) is 3.79. The number of rotatable bonds is 4. The molecule has 1 atom stereocenters. The van der Waals surface area contributed by atoms with Gasteiger partial charge in [0, 0.05) is 13.6 Å². The molecule has 0 radical (unpaired) electrons. The molecule has 0 aliphatic heterocycles. The molecule has 0 amide bonds. The van der Waals surface area contributed by atoms with Crippen molar-refractivity contribution in [1.82, 2.24) is 4.98 Å². The Hall–Kier alpha value is -1.13. The van der Waals surface area contributed by atoms with Crippen molar-refractivity contribution in [2.75, 3.05) is 18.5 Å². The van der Waals surface area contributed by atoms with Gasteiger partial charge in [-0.05, 0) is 32.9 Å². The lowest BCUT2D eigenvalue weighted by molar-refractivity contribution is 0.0886. The molecule has 4 heteroatoms. The first-order chi connectivity index (χ1) is 7.29. The van der Waals surface area contributed by atoms with Crippen LogP contribution in [0.5, 0.6) is 0 Å². The van der Waals surface area contributed by atoms with Crippen molar-refractivity contribution in [2.24, 2.45) is 0 Å². The van der Waals surface area contributed by atoms with Crippen LogP contribution in [0.15, 0.2) is 18.3 Å². The molecule has 1 rings (SSSR count). The minimum atomic E-state index is -0.738. The third-order valence-corrected chi connectivity index (χ3v) is 2.26. The molecule has 1 aromatic rings. The van der Waals surface area contributed by atoms with Crippen molar-refractivity contribution in [3.05, 3.63) is 24.0 Å². The molecule has 16 heavy (non-hydrogen) atoms. The molecule has 0 bridgehead atoms. The summed E-state index contributed by atoms with van der Waals surface area (Å²) in [6, 6.07) is 3.68. The summed E-state index contributed by atoms with van der Waals surface area (Å²) in [6.07, 6.45) is 1.15. The zero-order chi connectivity index (χ0) is 12.3. The monoisotopic (exact) mass is 224 g/mol. The highest BCUT2D eigenvalue weighted by Gasteiger charge is 2.16. The molecule has 0 aliphatic carbocycles. The van der Waals surface area contributed by atoms with Crippen LogP contribution in [-0.2, 0) is 0 Å². The molecule has 0 saturated carbocycles. The van der Waals surface area contributed by atoms with Crippen molar-refractivity contribution in [3.8, 4) is 0 Å². The van der Waals surface area contributed by atoms with Crippen LogP contribution < -0.4 is 4.90 Å². The summed E-state index contributed by atoms with van der Waals surface area (Å²) in [6.45, 7) is 5.74. The summed E-state index contributed by atoms with van der Waals surface area (Å²) >= 11 is 0. The number of anilines is 1. The Balaban J connectivity index is 2.74. The van der Waals surface area contributed by atoms with Crippen LogP contribution >= 0.6 is 0 Å². The van der Waals surface area contributed by atoms with Gasteiger partial charge in [0.25, 0.3) is 0 Å². The fourth-order valence-corrected chi connectivity index (χ4v) is 1.54. The molecule has 1 heterocycles. The second kappa shape index (κ2) is 4.80. The van der Waals surface area contributed by atoms with E-state index in [1.807, 2.05) is 18.0 Å².